The van der Waals surface area contributed by atoms with Gasteiger partial charge in [-0.05, 0) is 67.6 Å². The lowest BCUT2D eigenvalue weighted by Crippen LogP contribution is -2.49. The number of carbonyl (C=O) groups excluding carboxylic acids is 3. The van der Waals surface area contributed by atoms with Crippen molar-refractivity contribution >= 4 is 46.4 Å². The smallest absolute Gasteiger partial charge is 0.328 e. The molecule has 7 rings (SSSR count). The molecule has 15 nitrogen and oxygen atoms in total. The van der Waals surface area contributed by atoms with Crippen molar-refractivity contribution in [2.45, 2.75) is 32.3 Å². The summed E-state index contributed by atoms with van der Waals surface area (Å²) in [6.07, 6.45) is 2.07. The van der Waals surface area contributed by atoms with Crippen molar-refractivity contribution in [1.82, 2.24) is 30.7 Å². The van der Waals surface area contributed by atoms with Gasteiger partial charge in [-0.1, -0.05) is 0 Å². The molecule has 4 fully saturated rings. The van der Waals surface area contributed by atoms with Crippen LogP contribution >= 0.6 is 0 Å². The standard InChI is InChI=1S/C35H44FN11O4/c1-22-18-25(3-5-27(22)47-12-8-30(48)40-35(47)50)45-10-6-23(7-11-45)21-44-13-15-46(16-14-44)28-4-2-24(19-26(28)36)39-34-31(32(37)49)42-43-33(41-34)29-20-38-9-17-51-29/h2-5,18-19,23,29,38H,6-17,20-21H2,1H3,(H2,37,49)(H,39,41,43)(H,40,48,50). The van der Waals surface area contributed by atoms with Crippen LogP contribution in [0.2, 0.25) is 0 Å². The molecule has 1 unspecified atom stereocenters. The number of halogens is 1. The minimum atomic E-state index is -0.792. The van der Waals surface area contributed by atoms with Crippen LogP contribution in [0.25, 0.3) is 0 Å². The SMILES string of the molecule is Cc1cc(N2CCC(CN3CCN(c4ccc(Nc5nc(C6CNCCO6)nnc5C(N)=O)cc4F)CC3)CC2)ccc1N1CCC(=O)NC1=O. The molecule has 270 valence electrons. The first-order valence-corrected chi connectivity index (χ1v) is 17.6. The quantitative estimate of drug-likeness (QED) is 0.257. The van der Waals surface area contributed by atoms with Gasteiger partial charge in [0.05, 0.1) is 12.3 Å². The largest absolute Gasteiger partial charge is 0.372 e. The van der Waals surface area contributed by atoms with E-state index in [0.29, 0.717) is 49.2 Å². The Morgan fingerprint density at radius 3 is 2.47 bits per heavy atom. The molecule has 1 aromatic heterocycles. The van der Waals surface area contributed by atoms with Crippen LogP contribution in [0, 0.1) is 18.7 Å². The molecule has 4 aliphatic heterocycles. The Bertz CT molecular complexity index is 1770. The molecular formula is C35H44FN11O4. The second-order valence-corrected chi connectivity index (χ2v) is 13.5. The summed E-state index contributed by atoms with van der Waals surface area (Å²) in [6, 6.07) is 10.7. The van der Waals surface area contributed by atoms with Gasteiger partial charge in [0.2, 0.25) is 5.91 Å². The molecule has 5 N–H and O–H groups in total. The van der Waals surface area contributed by atoms with Gasteiger partial charge in [-0.15, -0.1) is 10.2 Å². The van der Waals surface area contributed by atoms with E-state index in [9.17, 15) is 14.4 Å². The number of morpholine rings is 1. The molecule has 4 amide bonds. The number of aromatic nitrogens is 3. The zero-order valence-electron chi connectivity index (χ0n) is 28.7. The maximum Gasteiger partial charge on any atom is 0.328 e. The number of carbonyl (C=O) groups is 3. The number of primary amides is 1. The maximum absolute atomic E-state index is 15.5. The summed E-state index contributed by atoms with van der Waals surface area (Å²) in [5.41, 5.74) is 9.32. The van der Waals surface area contributed by atoms with E-state index < -0.39 is 12.0 Å². The van der Waals surface area contributed by atoms with Crippen LogP contribution in [-0.2, 0) is 9.53 Å². The van der Waals surface area contributed by atoms with E-state index >= 15 is 4.39 Å². The minimum absolute atomic E-state index is 0.101. The monoisotopic (exact) mass is 701 g/mol. The third-order valence-electron chi connectivity index (χ3n) is 10.1. The van der Waals surface area contributed by atoms with E-state index in [1.165, 1.54) is 6.07 Å². The van der Waals surface area contributed by atoms with E-state index in [1.807, 2.05) is 13.0 Å². The summed E-state index contributed by atoms with van der Waals surface area (Å²) in [5, 5.41) is 16.6. The Hall–Kier alpha value is -4.93. The Kier molecular flexibility index (Phi) is 10.2. The molecule has 51 heavy (non-hydrogen) atoms. The normalized spacial score (nSPS) is 20.7. The number of piperazine rings is 1. The molecule has 0 spiro atoms. The van der Waals surface area contributed by atoms with E-state index in [4.69, 9.17) is 10.5 Å². The summed E-state index contributed by atoms with van der Waals surface area (Å²) >= 11 is 0. The minimum Gasteiger partial charge on any atom is -0.372 e. The number of ether oxygens (including phenoxy) is 1. The van der Waals surface area contributed by atoms with Crippen LogP contribution in [-0.4, -0.2) is 110 Å². The van der Waals surface area contributed by atoms with Gasteiger partial charge in [0.15, 0.2) is 17.3 Å². The Balaban J connectivity index is 0.896. The van der Waals surface area contributed by atoms with Gasteiger partial charge in [-0.3, -0.25) is 24.7 Å². The highest BCUT2D eigenvalue weighted by atomic mass is 19.1. The lowest BCUT2D eigenvalue weighted by Gasteiger charge is -2.40. The lowest BCUT2D eigenvalue weighted by atomic mass is 9.95. The van der Waals surface area contributed by atoms with Gasteiger partial charge in [0.1, 0.15) is 11.9 Å². The number of amides is 4. The molecule has 0 saturated carbocycles. The number of hydrogen-bond donors (Lipinski definition) is 4. The fourth-order valence-corrected chi connectivity index (χ4v) is 7.28. The van der Waals surface area contributed by atoms with Crippen LogP contribution in [0.4, 0.5) is 37.8 Å². The third kappa shape index (κ3) is 7.87. The average Bonchev–Trinajstić information content (AvgIpc) is 3.13. The molecule has 3 aromatic rings. The molecule has 0 bridgehead atoms. The van der Waals surface area contributed by atoms with Crippen LogP contribution in [0.5, 0.6) is 0 Å². The summed E-state index contributed by atoms with van der Waals surface area (Å²) < 4.78 is 21.2. The number of rotatable bonds is 9. The summed E-state index contributed by atoms with van der Waals surface area (Å²) in [4.78, 5) is 48.9. The van der Waals surface area contributed by atoms with Crippen LogP contribution in [0.3, 0.4) is 0 Å². The Morgan fingerprint density at radius 1 is 1.00 bits per heavy atom. The molecule has 4 saturated heterocycles. The number of nitrogens with one attached hydrogen (secondary N) is 3. The van der Waals surface area contributed by atoms with Crippen molar-refractivity contribution in [2.24, 2.45) is 11.7 Å². The lowest BCUT2D eigenvalue weighted by molar-refractivity contribution is -0.120. The van der Waals surface area contributed by atoms with E-state index in [1.54, 1.807) is 17.0 Å². The van der Waals surface area contributed by atoms with Crippen molar-refractivity contribution in [3.63, 3.8) is 0 Å². The zero-order chi connectivity index (χ0) is 35.5. The Labute approximate surface area is 295 Å². The second-order valence-electron chi connectivity index (χ2n) is 13.5. The number of anilines is 5. The molecular weight excluding hydrogens is 657 g/mol. The van der Waals surface area contributed by atoms with E-state index in [0.717, 1.165) is 82.1 Å². The highest BCUT2D eigenvalue weighted by Crippen LogP contribution is 2.31. The van der Waals surface area contributed by atoms with Crippen molar-refractivity contribution in [2.75, 3.05) is 92.1 Å². The summed E-state index contributed by atoms with van der Waals surface area (Å²) in [6.45, 7) is 10.2. The number of aryl methyl sites for hydroxylation is 1. The highest BCUT2D eigenvalue weighted by Gasteiger charge is 2.28. The first kappa shape index (κ1) is 34.5. The number of nitrogens with two attached hydrogens (primary N) is 1. The van der Waals surface area contributed by atoms with Gasteiger partial charge >= 0.3 is 6.03 Å². The molecule has 4 aliphatic rings. The van der Waals surface area contributed by atoms with Gasteiger partial charge in [0.25, 0.3) is 5.91 Å². The van der Waals surface area contributed by atoms with Crippen molar-refractivity contribution in [1.29, 1.82) is 0 Å². The predicted octanol–water partition coefficient (Wildman–Crippen LogP) is 2.31. The van der Waals surface area contributed by atoms with Gasteiger partial charge < -0.3 is 30.9 Å². The molecule has 1 atom stereocenters. The van der Waals surface area contributed by atoms with E-state index in [2.05, 4.69) is 58.0 Å². The number of benzene rings is 2. The molecule has 0 aliphatic carbocycles. The second kappa shape index (κ2) is 15.1. The topological polar surface area (TPSA) is 174 Å². The Morgan fingerprint density at radius 2 is 1.78 bits per heavy atom. The van der Waals surface area contributed by atoms with Gasteiger partial charge in [0, 0.05) is 88.9 Å². The van der Waals surface area contributed by atoms with Crippen molar-refractivity contribution in [3.8, 4) is 0 Å². The number of hydrogen-bond acceptors (Lipinski definition) is 12. The highest BCUT2D eigenvalue weighted by molar-refractivity contribution is 6.06. The van der Waals surface area contributed by atoms with Crippen LogP contribution < -0.4 is 36.4 Å². The number of imide groups is 1. The molecule has 2 aromatic carbocycles. The number of urea groups is 1. The molecule has 5 heterocycles. The van der Waals surface area contributed by atoms with Crippen LogP contribution in [0.15, 0.2) is 36.4 Å². The number of piperidine rings is 1. The third-order valence-corrected chi connectivity index (χ3v) is 10.1. The fourth-order valence-electron chi connectivity index (χ4n) is 7.28. The van der Waals surface area contributed by atoms with E-state index in [-0.39, 0.29) is 29.3 Å². The predicted molar refractivity (Wildman–Crippen MR) is 190 cm³/mol. The average molecular weight is 702 g/mol. The summed E-state index contributed by atoms with van der Waals surface area (Å²) in [7, 11) is 0. The first-order valence-electron chi connectivity index (χ1n) is 17.6. The van der Waals surface area contributed by atoms with Gasteiger partial charge in [-0.2, -0.15) is 0 Å². The number of nitrogens with zero attached hydrogens (tertiary/aromatic N) is 7. The van der Waals surface area contributed by atoms with Crippen LogP contribution in [0.1, 0.15) is 47.2 Å². The first-order chi connectivity index (χ1) is 24.7. The maximum atomic E-state index is 15.5. The molecule has 0 radical (unpaired) electrons. The summed E-state index contributed by atoms with van der Waals surface area (Å²) in [5.74, 6) is -0.401. The molecule has 16 heteroatoms. The zero-order valence-corrected chi connectivity index (χ0v) is 28.7. The fraction of sp³-hybridized carbons (Fsp3) is 0.486. The van der Waals surface area contributed by atoms with Crippen molar-refractivity contribution in [3.05, 3.63) is 59.3 Å². The van der Waals surface area contributed by atoms with Crippen molar-refractivity contribution < 1.29 is 23.5 Å². The van der Waals surface area contributed by atoms with Gasteiger partial charge in [-0.25, -0.2) is 14.2 Å².